The summed E-state index contributed by atoms with van der Waals surface area (Å²) in [6, 6.07) is 0. The Bertz CT molecular complexity index is 491. The summed E-state index contributed by atoms with van der Waals surface area (Å²) in [5.41, 5.74) is 5.47. The predicted molar refractivity (Wildman–Crippen MR) is 64.1 cm³/mol. The molecule has 1 heterocycles. The Hall–Kier alpha value is -2.05. The molecule has 0 aliphatic rings. The highest BCUT2D eigenvalue weighted by Gasteiger charge is 2.30. The molecule has 100 valence electrons. The number of carboxylic acid groups (broad SMARTS) is 1. The van der Waals surface area contributed by atoms with Crippen LogP contribution in [0.2, 0.25) is 0 Å². The van der Waals surface area contributed by atoms with Gasteiger partial charge >= 0.3 is 11.9 Å². The van der Waals surface area contributed by atoms with E-state index in [1.54, 1.807) is 14.0 Å². The zero-order valence-electron chi connectivity index (χ0n) is 10.9. The van der Waals surface area contributed by atoms with E-state index in [1.807, 2.05) is 0 Å². The zero-order valence-corrected chi connectivity index (χ0v) is 10.9. The first-order chi connectivity index (χ1) is 8.16. The lowest BCUT2D eigenvalue weighted by atomic mass is 9.95. The molecule has 0 saturated carbocycles. The zero-order chi connectivity index (χ0) is 14.1. The second-order valence-corrected chi connectivity index (χ2v) is 4.74. The predicted octanol–water partition coefficient (Wildman–Crippen LogP) is 0.578. The molecular weight excluding hydrogens is 238 g/mol. The fraction of sp³-hybridized carbons (Fsp3) is 0.545. The standard InChI is InChI=1S/C11H17N3O4/c1-6-7(12)8(14(4)13-6)9(15)18-5-11(2,3)10(16)17/h5,12H2,1-4H3,(H,16,17). The number of hydrogen-bond donors (Lipinski definition) is 2. The Morgan fingerprint density at radius 1 is 1.50 bits per heavy atom. The Balaban J connectivity index is 2.81. The van der Waals surface area contributed by atoms with Gasteiger partial charge < -0.3 is 15.6 Å². The van der Waals surface area contributed by atoms with E-state index in [0.29, 0.717) is 5.69 Å². The first-order valence-corrected chi connectivity index (χ1v) is 5.36. The van der Waals surface area contributed by atoms with Crippen molar-refractivity contribution in [3.63, 3.8) is 0 Å². The first-order valence-electron chi connectivity index (χ1n) is 5.36. The average molecular weight is 255 g/mol. The number of rotatable bonds is 4. The van der Waals surface area contributed by atoms with E-state index in [0.717, 1.165) is 0 Å². The van der Waals surface area contributed by atoms with Gasteiger partial charge in [0.05, 0.1) is 16.8 Å². The third kappa shape index (κ3) is 2.61. The minimum atomic E-state index is -1.14. The fourth-order valence-electron chi connectivity index (χ4n) is 1.29. The van der Waals surface area contributed by atoms with Crippen LogP contribution in [0.5, 0.6) is 0 Å². The van der Waals surface area contributed by atoms with Crippen LogP contribution in [0.15, 0.2) is 0 Å². The molecule has 1 rings (SSSR count). The summed E-state index contributed by atoms with van der Waals surface area (Å²) in [6.07, 6.45) is 0. The van der Waals surface area contributed by atoms with Gasteiger partial charge in [0.25, 0.3) is 0 Å². The van der Waals surface area contributed by atoms with Crippen molar-refractivity contribution in [2.24, 2.45) is 12.5 Å². The lowest BCUT2D eigenvalue weighted by Crippen LogP contribution is -2.31. The summed E-state index contributed by atoms with van der Waals surface area (Å²) < 4.78 is 6.29. The van der Waals surface area contributed by atoms with Crippen LogP contribution in [0, 0.1) is 12.3 Å². The molecule has 1 aromatic heterocycles. The smallest absolute Gasteiger partial charge is 0.358 e. The molecule has 0 aliphatic heterocycles. The number of ether oxygens (including phenoxy) is 1. The summed E-state index contributed by atoms with van der Waals surface area (Å²) in [5.74, 6) is -1.71. The van der Waals surface area contributed by atoms with E-state index >= 15 is 0 Å². The number of nitrogens with zero attached hydrogens (tertiary/aromatic N) is 2. The highest BCUT2D eigenvalue weighted by atomic mass is 16.5. The molecule has 0 amide bonds. The molecule has 3 N–H and O–H groups in total. The van der Waals surface area contributed by atoms with Crippen LogP contribution in [-0.2, 0) is 16.6 Å². The van der Waals surface area contributed by atoms with Crippen molar-refractivity contribution in [1.82, 2.24) is 9.78 Å². The maximum Gasteiger partial charge on any atom is 0.358 e. The second kappa shape index (κ2) is 4.67. The monoisotopic (exact) mass is 255 g/mol. The minimum Gasteiger partial charge on any atom is -0.481 e. The number of hydrogen-bond acceptors (Lipinski definition) is 5. The molecule has 7 nitrogen and oxygen atoms in total. The molecule has 0 saturated heterocycles. The lowest BCUT2D eigenvalue weighted by molar-refractivity contribution is -0.149. The maximum absolute atomic E-state index is 11.8. The number of aromatic nitrogens is 2. The molecule has 0 radical (unpaired) electrons. The van der Waals surface area contributed by atoms with Gasteiger partial charge in [-0.25, -0.2) is 4.79 Å². The molecular formula is C11H17N3O4. The first kappa shape index (κ1) is 14.0. The normalized spacial score (nSPS) is 11.3. The van der Waals surface area contributed by atoms with E-state index in [2.05, 4.69) is 5.10 Å². The van der Waals surface area contributed by atoms with Crippen LogP contribution in [0.4, 0.5) is 5.69 Å². The van der Waals surface area contributed by atoms with E-state index in [1.165, 1.54) is 18.5 Å². The molecule has 0 unspecified atom stereocenters. The number of nitrogen functional groups attached to an aromatic ring is 1. The molecule has 1 aromatic rings. The molecule has 0 bridgehead atoms. The molecule has 0 fully saturated rings. The van der Waals surface area contributed by atoms with Crippen LogP contribution in [0.25, 0.3) is 0 Å². The summed E-state index contributed by atoms with van der Waals surface area (Å²) in [7, 11) is 1.57. The largest absolute Gasteiger partial charge is 0.481 e. The molecule has 0 aromatic carbocycles. The van der Waals surface area contributed by atoms with Crippen molar-refractivity contribution in [2.75, 3.05) is 12.3 Å². The lowest BCUT2D eigenvalue weighted by Gasteiger charge is -2.18. The van der Waals surface area contributed by atoms with Gasteiger partial charge in [-0.1, -0.05) is 0 Å². The fourth-order valence-corrected chi connectivity index (χ4v) is 1.29. The van der Waals surface area contributed by atoms with E-state index in [4.69, 9.17) is 15.6 Å². The SMILES string of the molecule is Cc1nn(C)c(C(=O)OCC(C)(C)C(=O)O)c1N. The number of aryl methyl sites for hydroxylation is 2. The van der Waals surface area contributed by atoms with Crippen LogP contribution in [0.1, 0.15) is 30.0 Å². The number of anilines is 1. The number of carbonyl (C=O) groups excluding carboxylic acids is 1. The number of nitrogens with two attached hydrogens (primary N) is 1. The Labute approximate surface area is 105 Å². The van der Waals surface area contributed by atoms with E-state index < -0.39 is 17.4 Å². The third-order valence-electron chi connectivity index (χ3n) is 2.60. The number of carboxylic acids is 1. The van der Waals surface area contributed by atoms with Crippen molar-refractivity contribution in [3.05, 3.63) is 11.4 Å². The van der Waals surface area contributed by atoms with Crippen LogP contribution in [0.3, 0.4) is 0 Å². The van der Waals surface area contributed by atoms with E-state index in [9.17, 15) is 9.59 Å². The average Bonchev–Trinajstić information content (AvgIpc) is 2.50. The topological polar surface area (TPSA) is 107 Å². The Kier molecular flexibility index (Phi) is 3.64. The van der Waals surface area contributed by atoms with Gasteiger partial charge in [-0.3, -0.25) is 9.48 Å². The molecule has 0 atom stereocenters. The molecule has 7 heteroatoms. The van der Waals surface area contributed by atoms with E-state index in [-0.39, 0.29) is 18.0 Å². The quantitative estimate of drug-likeness (QED) is 0.762. The number of aliphatic carboxylic acids is 1. The van der Waals surface area contributed by atoms with Gasteiger partial charge in [0, 0.05) is 7.05 Å². The molecule has 0 spiro atoms. The highest BCUT2D eigenvalue weighted by Crippen LogP contribution is 2.19. The summed E-state index contributed by atoms with van der Waals surface area (Å²) in [6.45, 7) is 4.39. The summed E-state index contributed by atoms with van der Waals surface area (Å²) in [5, 5.41) is 12.9. The molecule has 18 heavy (non-hydrogen) atoms. The van der Waals surface area contributed by atoms with Crippen molar-refractivity contribution in [1.29, 1.82) is 0 Å². The van der Waals surface area contributed by atoms with Crippen molar-refractivity contribution in [3.8, 4) is 0 Å². The number of carbonyl (C=O) groups is 2. The Morgan fingerprint density at radius 3 is 2.44 bits per heavy atom. The second-order valence-electron chi connectivity index (χ2n) is 4.74. The van der Waals surface area contributed by atoms with Crippen molar-refractivity contribution < 1.29 is 19.4 Å². The van der Waals surface area contributed by atoms with Gasteiger partial charge in [-0.15, -0.1) is 0 Å². The summed E-state index contributed by atoms with van der Waals surface area (Å²) >= 11 is 0. The van der Waals surface area contributed by atoms with Crippen LogP contribution < -0.4 is 5.73 Å². The van der Waals surface area contributed by atoms with Crippen molar-refractivity contribution in [2.45, 2.75) is 20.8 Å². The molecule has 0 aliphatic carbocycles. The summed E-state index contributed by atoms with van der Waals surface area (Å²) in [4.78, 5) is 22.7. The van der Waals surface area contributed by atoms with Crippen LogP contribution in [-0.4, -0.2) is 33.4 Å². The third-order valence-corrected chi connectivity index (χ3v) is 2.60. The van der Waals surface area contributed by atoms with Crippen molar-refractivity contribution >= 4 is 17.6 Å². The van der Waals surface area contributed by atoms with Crippen LogP contribution >= 0.6 is 0 Å². The highest BCUT2D eigenvalue weighted by molar-refractivity contribution is 5.94. The number of esters is 1. The van der Waals surface area contributed by atoms with Gasteiger partial charge in [-0.05, 0) is 20.8 Å². The Morgan fingerprint density at radius 2 is 2.06 bits per heavy atom. The van der Waals surface area contributed by atoms with Gasteiger partial charge in [0.2, 0.25) is 0 Å². The van der Waals surface area contributed by atoms with Gasteiger partial charge in [-0.2, -0.15) is 5.10 Å². The van der Waals surface area contributed by atoms with Gasteiger partial charge in [0.1, 0.15) is 6.61 Å². The minimum absolute atomic E-state index is 0.133. The van der Waals surface area contributed by atoms with Gasteiger partial charge in [0.15, 0.2) is 5.69 Å². The maximum atomic E-state index is 11.8.